The Balaban J connectivity index is 2.35. The Morgan fingerprint density at radius 2 is 1.77 bits per heavy atom. The van der Waals surface area contributed by atoms with Crippen LogP contribution in [-0.2, 0) is 9.53 Å². The highest BCUT2D eigenvalue weighted by atomic mass is 16.5. The lowest BCUT2D eigenvalue weighted by atomic mass is 9.90. The lowest BCUT2D eigenvalue weighted by Gasteiger charge is -2.31. The van der Waals surface area contributed by atoms with Crippen molar-refractivity contribution in [1.82, 2.24) is 10.6 Å². The summed E-state index contributed by atoms with van der Waals surface area (Å²) in [5.74, 6) is -0.417. The number of rotatable bonds is 4. The Hall–Kier alpha value is -2.50. The average molecular weight is 359 g/mol. The van der Waals surface area contributed by atoms with Crippen LogP contribution in [0.3, 0.4) is 0 Å². The molecule has 0 bridgehead atoms. The number of ether oxygens (including phenoxy) is 1. The number of urea groups is 1. The number of carbonyl (C=O) groups excluding carboxylic acids is 2. The van der Waals surface area contributed by atoms with Crippen LogP contribution < -0.4 is 15.5 Å². The number of anilines is 1. The molecule has 26 heavy (non-hydrogen) atoms. The van der Waals surface area contributed by atoms with E-state index in [1.54, 1.807) is 6.92 Å². The molecule has 2 rings (SSSR count). The third kappa shape index (κ3) is 4.36. The highest BCUT2D eigenvalue weighted by Gasteiger charge is 2.34. The predicted molar refractivity (Wildman–Crippen MR) is 103 cm³/mol. The molecule has 6 heteroatoms. The zero-order chi connectivity index (χ0) is 19.6. The molecule has 0 fully saturated rings. The maximum atomic E-state index is 12.9. The van der Waals surface area contributed by atoms with E-state index >= 15 is 0 Å². The molecular formula is C20H29N3O3. The number of benzene rings is 1. The molecule has 1 aliphatic rings. The summed E-state index contributed by atoms with van der Waals surface area (Å²) in [6, 6.07) is 6.88. The van der Waals surface area contributed by atoms with Crippen molar-refractivity contribution in [2.24, 2.45) is 5.41 Å². The smallest absolute Gasteiger partial charge is 0.338 e. The molecule has 0 saturated heterocycles. The molecule has 0 unspecified atom stereocenters. The molecule has 0 spiro atoms. The monoisotopic (exact) mass is 359 g/mol. The van der Waals surface area contributed by atoms with Crippen LogP contribution in [0, 0.1) is 5.41 Å². The van der Waals surface area contributed by atoms with Crippen molar-refractivity contribution in [2.75, 3.05) is 19.0 Å². The van der Waals surface area contributed by atoms with Crippen molar-refractivity contribution in [3.05, 3.63) is 41.1 Å². The zero-order valence-electron chi connectivity index (χ0n) is 16.6. The number of amides is 2. The Morgan fingerprint density at radius 1 is 1.19 bits per heavy atom. The first-order chi connectivity index (χ1) is 12.0. The lowest BCUT2D eigenvalue weighted by molar-refractivity contribution is -0.149. The van der Waals surface area contributed by atoms with Crippen LogP contribution in [0.15, 0.2) is 35.5 Å². The van der Waals surface area contributed by atoms with E-state index in [1.807, 2.05) is 71.0 Å². The molecule has 1 heterocycles. The Kier molecular flexibility index (Phi) is 5.64. The Morgan fingerprint density at radius 3 is 2.27 bits per heavy atom. The lowest BCUT2D eigenvalue weighted by Crippen LogP contribution is -2.46. The maximum absolute atomic E-state index is 12.9. The van der Waals surface area contributed by atoms with Crippen LogP contribution in [0.25, 0.3) is 0 Å². The molecule has 142 valence electrons. The minimum Gasteiger partial charge on any atom is -0.459 e. The first kappa shape index (κ1) is 19.8. The van der Waals surface area contributed by atoms with Crippen LogP contribution in [-0.4, -0.2) is 32.2 Å². The van der Waals surface area contributed by atoms with Crippen LogP contribution in [0.5, 0.6) is 0 Å². The van der Waals surface area contributed by atoms with E-state index in [1.165, 1.54) is 0 Å². The summed E-state index contributed by atoms with van der Waals surface area (Å²) in [7, 11) is 3.92. The number of nitrogens with one attached hydrogen (secondary N) is 2. The third-order valence-corrected chi connectivity index (χ3v) is 4.74. The fraction of sp³-hybridized carbons (Fsp3) is 0.500. The normalized spacial score (nSPS) is 18.7. The quantitative estimate of drug-likeness (QED) is 0.809. The second-order valence-electron chi connectivity index (χ2n) is 7.97. The van der Waals surface area contributed by atoms with E-state index in [4.69, 9.17) is 4.74 Å². The molecule has 0 radical (unpaired) electrons. The van der Waals surface area contributed by atoms with Gasteiger partial charge in [0.25, 0.3) is 0 Å². The SMILES string of the molecule is CC1=C(C(=O)O[C@@H](C)C(C)(C)C)[C@@H](c2ccc(N(C)C)cc2)NC(=O)N1. The Bertz CT molecular complexity index is 715. The van der Waals surface area contributed by atoms with Crippen LogP contribution in [0.4, 0.5) is 10.5 Å². The van der Waals surface area contributed by atoms with E-state index in [-0.39, 0.29) is 17.6 Å². The second kappa shape index (κ2) is 7.40. The summed E-state index contributed by atoms with van der Waals surface area (Å²) in [5.41, 5.74) is 2.65. The molecule has 1 aromatic carbocycles. The van der Waals surface area contributed by atoms with Gasteiger partial charge in [-0.3, -0.25) is 0 Å². The van der Waals surface area contributed by atoms with Gasteiger partial charge < -0.3 is 20.3 Å². The van der Waals surface area contributed by atoms with Gasteiger partial charge in [-0.05, 0) is 37.0 Å². The zero-order valence-corrected chi connectivity index (χ0v) is 16.6. The van der Waals surface area contributed by atoms with E-state index in [0.717, 1.165) is 11.3 Å². The van der Waals surface area contributed by atoms with Crippen LogP contribution in [0.2, 0.25) is 0 Å². The van der Waals surface area contributed by atoms with Crippen molar-refractivity contribution < 1.29 is 14.3 Å². The van der Waals surface area contributed by atoms with Gasteiger partial charge in [-0.1, -0.05) is 32.9 Å². The number of esters is 1. The van der Waals surface area contributed by atoms with Gasteiger partial charge in [0.05, 0.1) is 11.6 Å². The molecule has 2 amide bonds. The predicted octanol–water partition coefficient (Wildman–Crippen LogP) is 3.36. The van der Waals surface area contributed by atoms with Crippen molar-refractivity contribution in [3.63, 3.8) is 0 Å². The van der Waals surface area contributed by atoms with Gasteiger partial charge in [0.15, 0.2) is 0 Å². The summed E-state index contributed by atoms with van der Waals surface area (Å²) in [4.78, 5) is 26.8. The maximum Gasteiger partial charge on any atom is 0.338 e. The third-order valence-electron chi connectivity index (χ3n) is 4.74. The number of carbonyl (C=O) groups is 2. The summed E-state index contributed by atoms with van der Waals surface area (Å²) >= 11 is 0. The standard InChI is InChI=1S/C20H29N3O3/c1-12-16(18(24)26-13(2)20(3,4)5)17(22-19(25)21-12)14-8-10-15(11-9-14)23(6)7/h8-11,13,17H,1-7H3,(H2,21,22,25)/t13-,17+/m0/s1. The average Bonchev–Trinajstić information content (AvgIpc) is 2.53. The molecule has 1 aliphatic heterocycles. The van der Waals surface area contributed by atoms with Crippen molar-refractivity contribution >= 4 is 17.7 Å². The summed E-state index contributed by atoms with van der Waals surface area (Å²) < 4.78 is 5.68. The molecule has 2 atom stereocenters. The van der Waals surface area contributed by atoms with Gasteiger partial charge in [-0.25, -0.2) is 9.59 Å². The summed E-state index contributed by atoms with van der Waals surface area (Å²) in [6.07, 6.45) is -0.260. The fourth-order valence-corrected chi connectivity index (χ4v) is 2.58. The van der Waals surface area contributed by atoms with E-state index < -0.39 is 12.0 Å². The highest BCUT2D eigenvalue weighted by molar-refractivity contribution is 5.95. The van der Waals surface area contributed by atoms with Gasteiger partial charge >= 0.3 is 12.0 Å². The number of allylic oxidation sites excluding steroid dienone is 1. The molecular weight excluding hydrogens is 330 g/mol. The first-order valence-corrected chi connectivity index (χ1v) is 8.77. The number of hydrogen-bond acceptors (Lipinski definition) is 4. The van der Waals surface area contributed by atoms with E-state index in [2.05, 4.69) is 10.6 Å². The molecule has 0 aliphatic carbocycles. The van der Waals surface area contributed by atoms with Crippen LogP contribution in [0.1, 0.15) is 46.2 Å². The number of nitrogens with zero attached hydrogens (tertiary/aromatic N) is 1. The minimum absolute atomic E-state index is 0.168. The molecule has 6 nitrogen and oxygen atoms in total. The van der Waals surface area contributed by atoms with Crippen molar-refractivity contribution in [3.8, 4) is 0 Å². The molecule has 2 N–H and O–H groups in total. The summed E-state index contributed by atoms with van der Waals surface area (Å²) in [5, 5.41) is 5.50. The first-order valence-electron chi connectivity index (χ1n) is 8.77. The van der Waals surface area contributed by atoms with E-state index in [9.17, 15) is 9.59 Å². The Labute approximate surface area is 155 Å². The van der Waals surface area contributed by atoms with Crippen molar-refractivity contribution in [2.45, 2.75) is 46.8 Å². The van der Waals surface area contributed by atoms with Gasteiger partial charge in [-0.2, -0.15) is 0 Å². The largest absolute Gasteiger partial charge is 0.459 e. The van der Waals surface area contributed by atoms with Gasteiger partial charge in [0.1, 0.15) is 6.10 Å². The fourth-order valence-electron chi connectivity index (χ4n) is 2.58. The van der Waals surface area contributed by atoms with Gasteiger partial charge in [0.2, 0.25) is 0 Å². The summed E-state index contributed by atoms with van der Waals surface area (Å²) in [6.45, 7) is 9.65. The molecule has 0 aromatic heterocycles. The van der Waals surface area contributed by atoms with Crippen LogP contribution >= 0.6 is 0 Å². The number of hydrogen-bond donors (Lipinski definition) is 2. The highest BCUT2D eigenvalue weighted by Crippen LogP contribution is 2.30. The topological polar surface area (TPSA) is 70.7 Å². The minimum atomic E-state index is -0.542. The van der Waals surface area contributed by atoms with Crippen molar-refractivity contribution in [1.29, 1.82) is 0 Å². The van der Waals surface area contributed by atoms with E-state index in [0.29, 0.717) is 11.3 Å². The molecule has 0 saturated carbocycles. The second-order valence-corrected chi connectivity index (χ2v) is 7.97. The molecule has 1 aromatic rings. The van der Waals surface area contributed by atoms with Gasteiger partial charge in [-0.15, -0.1) is 0 Å². The van der Waals surface area contributed by atoms with Gasteiger partial charge in [0, 0.05) is 25.5 Å².